The topological polar surface area (TPSA) is 86.8 Å². The summed E-state index contributed by atoms with van der Waals surface area (Å²) >= 11 is 0. The van der Waals surface area contributed by atoms with Gasteiger partial charge in [-0.15, -0.1) is 0 Å². The summed E-state index contributed by atoms with van der Waals surface area (Å²) in [7, 11) is 1.82. The molecular weight excluding hydrogens is 415 g/mol. The first-order valence-corrected chi connectivity index (χ1v) is 10.6. The lowest BCUT2D eigenvalue weighted by molar-refractivity contribution is -0.164. The van der Waals surface area contributed by atoms with E-state index in [0.717, 1.165) is 24.6 Å². The zero-order valence-corrected chi connectivity index (χ0v) is 18.9. The van der Waals surface area contributed by atoms with E-state index >= 15 is 0 Å². The van der Waals surface area contributed by atoms with E-state index in [1.54, 1.807) is 22.0 Å². The summed E-state index contributed by atoms with van der Waals surface area (Å²) in [5.41, 5.74) is 0.602. The van der Waals surface area contributed by atoms with Crippen molar-refractivity contribution in [1.29, 1.82) is 0 Å². The third-order valence-corrected chi connectivity index (χ3v) is 5.97. The van der Waals surface area contributed by atoms with Gasteiger partial charge in [-0.3, -0.25) is 4.68 Å². The van der Waals surface area contributed by atoms with Crippen LogP contribution in [-0.2, 0) is 11.8 Å². The van der Waals surface area contributed by atoms with E-state index in [-0.39, 0.29) is 22.9 Å². The Morgan fingerprint density at radius 2 is 1.88 bits per heavy atom. The molecule has 1 saturated heterocycles. The molecule has 4 heterocycles. The summed E-state index contributed by atoms with van der Waals surface area (Å²) in [6.45, 7) is 8.85. The van der Waals surface area contributed by atoms with Gasteiger partial charge in [-0.05, 0) is 40.5 Å². The van der Waals surface area contributed by atoms with Crippen LogP contribution in [0.15, 0.2) is 24.8 Å². The number of nitrogens with zero attached hydrogens (tertiary/aromatic N) is 6. The van der Waals surface area contributed by atoms with Crippen LogP contribution in [-0.4, -0.2) is 59.7 Å². The zero-order chi connectivity index (χ0) is 22.9. The van der Waals surface area contributed by atoms with Gasteiger partial charge in [0.2, 0.25) is 5.88 Å². The van der Waals surface area contributed by atoms with Gasteiger partial charge in [-0.25, -0.2) is 18.7 Å². The van der Waals surface area contributed by atoms with Crippen LogP contribution in [0.25, 0.3) is 16.8 Å². The van der Waals surface area contributed by atoms with Gasteiger partial charge in [0.05, 0.1) is 24.3 Å². The van der Waals surface area contributed by atoms with Gasteiger partial charge >= 0.3 is 6.09 Å². The first kappa shape index (κ1) is 20.7. The van der Waals surface area contributed by atoms with Gasteiger partial charge in [-0.1, -0.05) is 0 Å². The summed E-state index contributed by atoms with van der Waals surface area (Å²) in [6, 6.07) is 0. The van der Waals surface area contributed by atoms with Gasteiger partial charge < -0.3 is 14.4 Å². The molecule has 10 heteroatoms. The number of aryl methyl sites for hydroxylation is 1. The second kappa shape index (κ2) is 6.66. The van der Waals surface area contributed by atoms with Crippen LogP contribution in [0.2, 0.25) is 0 Å². The second-order valence-electron chi connectivity index (χ2n) is 10.4. The first-order valence-electron chi connectivity index (χ1n) is 10.6. The number of likely N-dealkylation sites (tertiary alicyclic amines) is 1. The van der Waals surface area contributed by atoms with Crippen molar-refractivity contribution < 1.29 is 18.7 Å². The highest BCUT2D eigenvalue weighted by Crippen LogP contribution is 2.56. The van der Waals surface area contributed by atoms with Crippen LogP contribution in [0.3, 0.4) is 0 Å². The Morgan fingerprint density at radius 3 is 2.50 bits per heavy atom. The predicted octanol–water partition coefficient (Wildman–Crippen LogP) is 3.44. The Bertz CT molecular complexity index is 1200. The van der Waals surface area contributed by atoms with E-state index in [9.17, 15) is 9.18 Å². The van der Waals surface area contributed by atoms with Gasteiger partial charge in [0, 0.05) is 37.3 Å². The van der Waals surface area contributed by atoms with Gasteiger partial charge in [0.1, 0.15) is 11.2 Å². The Hall–Kier alpha value is -3.17. The lowest BCUT2D eigenvalue weighted by Gasteiger charge is -2.62. The molecule has 32 heavy (non-hydrogen) atoms. The molecule has 3 aromatic heterocycles. The molecule has 3 aromatic rings. The molecule has 170 valence electrons. The second-order valence-corrected chi connectivity index (χ2v) is 10.4. The van der Waals surface area contributed by atoms with Crippen molar-refractivity contribution in [2.75, 3.05) is 13.1 Å². The number of ether oxygens (including phenoxy) is 2. The molecule has 0 atom stereocenters. The number of aromatic nitrogens is 5. The fourth-order valence-electron chi connectivity index (χ4n) is 4.99. The Labute approximate surface area is 185 Å². The maximum Gasteiger partial charge on any atom is 0.410 e. The predicted molar refractivity (Wildman–Crippen MR) is 114 cm³/mol. The molecule has 0 bridgehead atoms. The molecule has 2 aliphatic rings. The standard InChI is InChI=1S/C22H27FN6O3/c1-20(2,3)32-19(30)28-12-22(13-28)10-21(4,11-22)31-18-17-15(23)7-25-29(17)9-16(26-18)14-6-24-27(5)8-14/h6-9H,10-13H2,1-5H3. The van der Waals surface area contributed by atoms with Gasteiger partial charge in [-0.2, -0.15) is 10.2 Å². The van der Waals surface area contributed by atoms with Crippen molar-refractivity contribution in [3.8, 4) is 17.1 Å². The van der Waals surface area contributed by atoms with Crippen molar-refractivity contribution in [3.05, 3.63) is 30.6 Å². The largest absolute Gasteiger partial charge is 0.470 e. The Balaban J connectivity index is 1.32. The molecule has 0 N–H and O–H groups in total. The minimum absolute atomic E-state index is 0.0156. The number of hydrogen-bond acceptors (Lipinski definition) is 6. The number of rotatable bonds is 3. The Kier molecular flexibility index (Phi) is 4.31. The molecule has 1 spiro atoms. The molecule has 1 amide bonds. The van der Waals surface area contributed by atoms with Crippen molar-refractivity contribution in [1.82, 2.24) is 29.3 Å². The SMILES string of the molecule is Cn1cc(-c2cn3ncc(F)c3c(OC3(C)CC4(CN(C(=O)OC(C)(C)C)C4)C3)n2)cn1. The minimum Gasteiger partial charge on any atom is -0.470 e. The lowest BCUT2D eigenvalue weighted by Crippen LogP contribution is -2.69. The quantitative estimate of drug-likeness (QED) is 0.618. The van der Waals surface area contributed by atoms with Crippen molar-refractivity contribution >= 4 is 11.6 Å². The zero-order valence-electron chi connectivity index (χ0n) is 18.9. The Morgan fingerprint density at radius 1 is 1.16 bits per heavy atom. The number of carbonyl (C=O) groups is 1. The van der Waals surface area contributed by atoms with Gasteiger partial charge in [0.15, 0.2) is 11.3 Å². The van der Waals surface area contributed by atoms with Crippen LogP contribution in [0.5, 0.6) is 5.88 Å². The maximum absolute atomic E-state index is 14.5. The number of carbonyl (C=O) groups excluding carboxylic acids is 1. The molecule has 5 rings (SSSR count). The molecule has 0 radical (unpaired) electrons. The van der Waals surface area contributed by atoms with Crippen LogP contribution >= 0.6 is 0 Å². The molecule has 1 saturated carbocycles. The molecule has 1 aliphatic heterocycles. The number of hydrogen-bond donors (Lipinski definition) is 0. The number of amides is 1. The fourth-order valence-corrected chi connectivity index (χ4v) is 4.99. The molecule has 2 fully saturated rings. The van der Waals surface area contributed by atoms with E-state index in [0.29, 0.717) is 18.8 Å². The van der Waals surface area contributed by atoms with Gasteiger partial charge in [0.25, 0.3) is 0 Å². The van der Waals surface area contributed by atoms with Crippen LogP contribution in [0, 0.1) is 11.2 Å². The average Bonchev–Trinajstić information content (AvgIpc) is 3.22. The highest BCUT2D eigenvalue weighted by Gasteiger charge is 2.61. The molecular formula is C22H27FN6O3. The molecule has 1 aliphatic carbocycles. The summed E-state index contributed by atoms with van der Waals surface area (Å²) in [4.78, 5) is 18.6. The maximum atomic E-state index is 14.5. The number of fused-ring (bicyclic) bond motifs is 1. The molecule has 0 unspecified atom stereocenters. The minimum atomic E-state index is -0.511. The summed E-state index contributed by atoms with van der Waals surface area (Å²) in [6.07, 6.45) is 7.56. The van der Waals surface area contributed by atoms with Crippen LogP contribution < -0.4 is 4.74 Å². The molecule has 9 nitrogen and oxygen atoms in total. The van der Waals surface area contributed by atoms with Crippen molar-refractivity contribution in [3.63, 3.8) is 0 Å². The number of halogens is 1. The van der Waals surface area contributed by atoms with E-state index in [1.165, 1.54) is 4.52 Å². The summed E-state index contributed by atoms with van der Waals surface area (Å²) < 4.78 is 29.3. The average molecular weight is 442 g/mol. The van der Waals surface area contributed by atoms with E-state index in [2.05, 4.69) is 15.2 Å². The normalized spacial score (nSPS) is 19.0. The van der Waals surface area contributed by atoms with E-state index in [1.807, 2.05) is 40.9 Å². The van der Waals surface area contributed by atoms with Crippen LogP contribution in [0.4, 0.5) is 9.18 Å². The third-order valence-electron chi connectivity index (χ3n) is 5.97. The lowest BCUT2D eigenvalue weighted by atomic mass is 9.56. The molecule has 0 aromatic carbocycles. The highest BCUT2D eigenvalue weighted by molar-refractivity contribution is 5.69. The summed E-state index contributed by atoms with van der Waals surface area (Å²) in [5, 5.41) is 8.28. The van der Waals surface area contributed by atoms with E-state index < -0.39 is 17.0 Å². The fraction of sp³-hybridized carbons (Fsp3) is 0.545. The smallest absolute Gasteiger partial charge is 0.410 e. The van der Waals surface area contributed by atoms with Crippen molar-refractivity contribution in [2.45, 2.75) is 51.7 Å². The third kappa shape index (κ3) is 3.57. The van der Waals surface area contributed by atoms with E-state index in [4.69, 9.17) is 9.47 Å². The highest BCUT2D eigenvalue weighted by atomic mass is 19.1. The van der Waals surface area contributed by atoms with Crippen molar-refractivity contribution in [2.24, 2.45) is 12.5 Å². The first-order chi connectivity index (χ1) is 14.9. The van der Waals surface area contributed by atoms with Crippen LogP contribution in [0.1, 0.15) is 40.5 Å². The summed E-state index contributed by atoms with van der Waals surface area (Å²) in [5.74, 6) is -0.273. The monoisotopic (exact) mass is 442 g/mol.